The van der Waals surface area contributed by atoms with Gasteiger partial charge in [0, 0.05) is 0 Å². The highest BCUT2D eigenvalue weighted by atomic mass is 16.4. The molecular weight excluding hydrogens is 120 g/mol. The van der Waals surface area contributed by atoms with E-state index >= 15 is 0 Å². The average molecular weight is 131 g/mol. The van der Waals surface area contributed by atoms with Crippen molar-refractivity contribution in [2.45, 2.75) is 32.3 Å². The van der Waals surface area contributed by atoms with Crippen molar-refractivity contribution < 1.29 is 15.0 Å². The second-order valence-electron chi connectivity index (χ2n) is 2.31. The maximum absolute atomic E-state index is 10.0. The van der Waals surface area contributed by atoms with E-state index in [1.54, 1.807) is 6.92 Å². The largest absolute Gasteiger partial charge is 0.547 e. The van der Waals surface area contributed by atoms with Crippen LogP contribution in [0.2, 0.25) is 0 Å². The third-order valence-corrected chi connectivity index (χ3v) is 1.18. The van der Waals surface area contributed by atoms with Gasteiger partial charge in [0.1, 0.15) is 5.60 Å². The van der Waals surface area contributed by atoms with Gasteiger partial charge in [0.05, 0.1) is 5.97 Å². The van der Waals surface area contributed by atoms with Crippen molar-refractivity contribution in [3.05, 3.63) is 0 Å². The Morgan fingerprint density at radius 3 is 2.33 bits per heavy atom. The fourth-order valence-corrected chi connectivity index (χ4v) is 0.589. The van der Waals surface area contributed by atoms with Crippen LogP contribution in [0.4, 0.5) is 0 Å². The van der Waals surface area contributed by atoms with Gasteiger partial charge in [-0.1, -0.05) is 13.3 Å². The highest BCUT2D eigenvalue weighted by molar-refractivity contribution is 5.74. The minimum absolute atomic E-state index is 0.245. The van der Waals surface area contributed by atoms with Crippen molar-refractivity contribution in [3.63, 3.8) is 0 Å². The highest BCUT2D eigenvalue weighted by Crippen LogP contribution is 2.09. The first-order chi connectivity index (χ1) is 4.00. The second-order valence-corrected chi connectivity index (χ2v) is 2.31. The Hall–Kier alpha value is -0.570. The topological polar surface area (TPSA) is 60.4 Å². The number of aliphatic carboxylic acids is 1. The van der Waals surface area contributed by atoms with E-state index in [4.69, 9.17) is 5.11 Å². The molecular formula is C6H11O3-. The zero-order valence-corrected chi connectivity index (χ0v) is 5.68. The van der Waals surface area contributed by atoms with Crippen LogP contribution >= 0.6 is 0 Å². The lowest BCUT2D eigenvalue weighted by Gasteiger charge is -2.22. The van der Waals surface area contributed by atoms with Gasteiger partial charge in [-0.3, -0.25) is 0 Å². The van der Waals surface area contributed by atoms with Crippen LogP contribution in [-0.2, 0) is 4.79 Å². The summed E-state index contributed by atoms with van der Waals surface area (Å²) in [7, 11) is 0. The van der Waals surface area contributed by atoms with Crippen molar-refractivity contribution in [1.29, 1.82) is 0 Å². The minimum atomic E-state index is -1.64. The number of carbonyl (C=O) groups excluding carboxylic acids is 1. The zero-order valence-electron chi connectivity index (χ0n) is 5.68. The molecule has 1 N–H and O–H groups in total. The van der Waals surface area contributed by atoms with Crippen LogP contribution in [0.1, 0.15) is 26.7 Å². The van der Waals surface area contributed by atoms with E-state index in [0.717, 1.165) is 0 Å². The van der Waals surface area contributed by atoms with Crippen LogP contribution < -0.4 is 5.11 Å². The quantitative estimate of drug-likeness (QED) is 0.550. The number of hydrogen-bond donors (Lipinski definition) is 1. The highest BCUT2D eigenvalue weighted by Gasteiger charge is 2.19. The summed E-state index contributed by atoms with van der Waals surface area (Å²) in [6.45, 7) is 3.04. The monoisotopic (exact) mass is 131 g/mol. The molecule has 1 atom stereocenters. The number of carboxylic acid groups (broad SMARTS) is 1. The van der Waals surface area contributed by atoms with Gasteiger partial charge >= 0.3 is 0 Å². The van der Waals surface area contributed by atoms with Crippen molar-refractivity contribution in [2.75, 3.05) is 0 Å². The number of carbonyl (C=O) groups is 1. The van der Waals surface area contributed by atoms with Crippen molar-refractivity contribution >= 4 is 5.97 Å². The van der Waals surface area contributed by atoms with Crippen LogP contribution in [0.25, 0.3) is 0 Å². The molecule has 0 amide bonds. The summed E-state index contributed by atoms with van der Waals surface area (Å²) in [6, 6.07) is 0. The Bertz CT molecular complexity index is 107. The van der Waals surface area contributed by atoms with Crippen LogP contribution in [-0.4, -0.2) is 16.7 Å². The summed E-state index contributed by atoms with van der Waals surface area (Å²) in [4.78, 5) is 10.0. The molecule has 0 bridgehead atoms. The maximum atomic E-state index is 10.0. The minimum Gasteiger partial charge on any atom is -0.547 e. The smallest absolute Gasteiger partial charge is 0.101 e. The Labute approximate surface area is 54.3 Å². The first kappa shape index (κ1) is 8.43. The second kappa shape index (κ2) is 2.82. The number of aliphatic hydroxyl groups is 1. The molecule has 0 saturated carbocycles. The van der Waals surface area contributed by atoms with Gasteiger partial charge in [-0.15, -0.1) is 0 Å². The van der Waals surface area contributed by atoms with E-state index in [9.17, 15) is 9.90 Å². The Morgan fingerprint density at radius 1 is 1.78 bits per heavy atom. The number of hydrogen-bond acceptors (Lipinski definition) is 3. The van der Waals surface area contributed by atoms with Crippen LogP contribution in [0.5, 0.6) is 0 Å². The van der Waals surface area contributed by atoms with Crippen LogP contribution in [0, 0.1) is 0 Å². The molecule has 0 rings (SSSR count). The molecule has 0 aromatic carbocycles. The van der Waals surface area contributed by atoms with Gasteiger partial charge in [0.2, 0.25) is 0 Å². The fraction of sp³-hybridized carbons (Fsp3) is 0.833. The molecule has 0 aromatic rings. The van der Waals surface area contributed by atoms with E-state index in [1.165, 1.54) is 6.92 Å². The molecule has 3 nitrogen and oxygen atoms in total. The number of carboxylic acids is 1. The average Bonchev–Trinajstić information content (AvgIpc) is 1.65. The molecule has 3 heteroatoms. The van der Waals surface area contributed by atoms with Crippen molar-refractivity contribution in [1.82, 2.24) is 0 Å². The van der Waals surface area contributed by atoms with E-state index in [1.807, 2.05) is 0 Å². The molecule has 0 aliphatic rings. The molecule has 0 fully saturated rings. The lowest BCUT2D eigenvalue weighted by molar-refractivity contribution is -0.323. The fourth-order valence-electron chi connectivity index (χ4n) is 0.589. The first-order valence-corrected chi connectivity index (χ1v) is 2.94. The van der Waals surface area contributed by atoms with Gasteiger partial charge in [0.15, 0.2) is 0 Å². The summed E-state index contributed by atoms with van der Waals surface area (Å²) in [5.74, 6) is -1.40. The van der Waals surface area contributed by atoms with Crippen LogP contribution in [0.3, 0.4) is 0 Å². The molecule has 0 saturated heterocycles. The van der Waals surface area contributed by atoms with Gasteiger partial charge < -0.3 is 15.0 Å². The van der Waals surface area contributed by atoms with Crippen molar-refractivity contribution in [2.24, 2.45) is 0 Å². The zero-order chi connectivity index (χ0) is 7.49. The van der Waals surface area contributed by atoms with E-state index in [0.29, 0.717) is 6.42 Å². The third-order valence-electron chi connectivity index (χ3n) is 1.18. The lowest BCUT2D eigenvalue weighted by Crippen LogP contribution is -2.45. The molecule has 0 aromatic heterocycles. The van der Waals surface area contributed by atoms with Crippen LogP contribution in [0.15, 0.2) is 0 Å². The molecule has 0 aliphatic heterocycles. The summed E-state index contributed by atoms with van der Waals surface area (Å²) in [5.41, 5.74) is -1.64. The van der Waals surface area contributed by atoms with E-state index in [-0.39, 0.29) is 6.42 Å². The Kier molecular flexibility index (Phi) is 2.65. The molecule has 54 valence electrons. The van der Waals surface area contributed by atoms with Gasteiger partial charge in [-0.2, -0.15) is 0 Å². The predicted octanol–water partition coefficient (Wildman–Crippen LogP) is -0.713. The lowest BCUT2D eigenvalue weighted by atomic mass is 10.0. The predicted molar refractivity (Wildman–Crippen MR) is 30.5 cm³/mol. The molecule has 0 heterocycles. The first-order valence-electron chi connectivity index (χ1n) is 2.94. The molecule has 0 aliphatic carbocycles. The molecule has 0 radical (unpaired) electrons. The summed E-state index contributed by atoms with van der Waals surface area (Å²) in [5, 5.41) is 19.0. The summed E-state index contributed by atoms with van der Waals surface area (Å²) >= 11 is 0. The van der Waals surface area contributed by atoms with E-state index in [2.05, 4.69) is 0 Å². The third kappa shape index (κ3) is 2.46. The molecule has 1 unspecified atom stereocenters. The van der Waals surface area contributed by atoms with Crippen molar-refractivity contribution in [3.8, 4) is 0 Å². The number of rotatable bonds is 3. The standard InChI is InChI=1S/C6H12O3/c1-3-4-6(2,9)5(7)8/h9H,3-4H2,1-2H3,(H,7,8)/p-1. The summed E-state index contributed by atoms with van der Waals surface area (Å²) < 4.78 is 0. The normalized spacial score (nSPS) is 16.8. The Morgan fingerprint density at radius 2 is 2.22 bits per heavy atom. The summed E-state index contributed by atoms with van der Waals surface area (Å²) in [6.07, 6.45) is 0.885. The maximum Gasteiger partial charge on any atom is 0.101 e. The Balaban J connectivity index is 3.85. The van der Waals surface area contributed by atoms with E-state index < -0.39 is 11.6 Å². The molecule has 9 heavy (non-hydrogen) atoms. The van der Waals surface area contributed by atoms with Gasteiger partial charge in [-0.25, -0.2) is 0 Å². The molecule has 0 spiro atoms. The van der Waals surface area contributed by atoms with Gasteiger partial charge in [0.25, 0.3) is 0 Å². The SMILES string of the molecule is CCCC(C)(O)C(=O)[O-]. The van der Waals surface area contributed by atoms with Gasteiger partial charge in [-0.05, 0) is 13.3 Å².